The Morgan fingerprint density at radius 3 is 2.10 bits per heavy atom. The van der Waals surface area contributed by atoms with E-state index in [0.717, 1.165) is 22.3 Å². The summed E-state index contributed by atoms with van der Waals surface area (Å²) in [6, 6.07) is 22.7. The number of rotatable bonds is 6. The van der Waals surface area contributed by atoms with Gasteiger partial charge in [0.25, 0.3) is 0 Å². The smallest absolute Gasteiger partial charge is 0.338 e. The number of aryl methyl sites for hydroxylation is 2. The van der Waals surface area contributed by atoms with E-state index in [1.54, 1.807) is 24.3 Å². The molecule has 6 unspecified atom stereocenters. The fourth-order valence-electron chi connectivity index (χ4n) is 6.11. The summed E-state index contributed by atoms with van der Waals surface area (Å²) in [4.78, 5) is 27.1. The topological polar surface area (TPSA) is 78.6 Å². The molecule has 3 aromatic rings. The Labute approximate surface area is 230 Å². The summed E-state index contributed by atoms with van der Waals surface area (Å²) in [7, 11) is 0. The number of fused-ring (bicyclic) bond motifs is 1. The highest BCUT2D eigenvalue weighted by molar-refractivity contribution is 5.90. The van der Waals surface area contributed by atoms with Crippen LogP contribution in [0.15, 0.2) is 97.1 Å². The van der Waals surface area contributed by atoms with Gasteiger partial charge in [0.2, 0.25) is 0 Å². The first-order valence-electron chi connectivity index (χ1n) is 13.6. The van der Waals surface area contributed by atoms with E-state index in [1.807, 2.05) is 43.3 Å². The predicted molar refractivity (Wildman–Crippen MR) is 152 cm³/mol. The lowest BCUT2D eigenvalue weighted by atomic mass is 9.60. The maximum Gasteiger partial charge on any atom is 0.338 e. The molecule has 39 heavy (non-hydrogen) atoms. The molecule has 1 saturated carbocycles. The average Bonchev–Trinajstić information content (AvgIpc) is 2.96. The summed E-state index contributed by atoms with van der Waals surface area (Å²) in [6.07, 6.45) is 7.16. The van der Waals surface area contributed by atoms with Crippen LogP contribution in [0.4, 0.5) is 0 Å². The largest absolute Gasteiger partial charge is 0.454 e. The van der Waals surface area contributed by atoms with Crippen molar-refractivity contribution in [3.8, 4) is 0 Å². The fourth-order valence-corrected chi connectivity index (χ4v) is 6.11. The van der Waals surface area contributed by atoms with Gasteiger partial charge in [0, 0.05) is 18.4 Å². The van der Waals surface area contributed by atoms with Crippen LogP contribution in [0.5, 0.6) is 0 Å². The lowest BCUT2D eigenvalue weighted by molar-refractivity contribution is -0.0996. The van der Waals surface area contributed by atoms with Crippen LogP contribution in [-0.2, 0) is 16.0 Å². The van der Waals surface area contributed by atoms with Crippen molar-refractivity contribution in [3.63, 3.8) is 0 Å². The number of allylic oxidation sites excluding steroid dienone is 4. The molecule has 5 rings (SSSR count). The SMILES string of the molecule is Cc1cccc(C(=O)OC2C(OC(=O)c3cccc(CN)c3)C(C)C3C=CC=CC3C2c2ccccc2C)c1. The van der Waals surface area contributed by atoms with Crippen LogP contribution in [0.25, 0.3) is 0 Å². The normalized spacial score (nSPS) is 25.5. The molecule has 0 spiro atoms. The lowest BCUT2D eigenvalue weighted by Gasteiger charge is -2.49. The molecule has 0 aromatic heterocycles. The minimum Gasteiger partial charge on any atom is -0.454 e. The molecule has 200 valence electrons. The van der Waals surface area contributed by atoms with Gasteiger partial charge >= 0.3 is 11.9 Å². The summed E-state index contributed by atoms with van der Waals surface area (Å²) >= 11 is 0. The van der Waals surface area contributed by atoms with Gasteiger partial charge in [-0.3, -0.25) is 0 Å². The number of ether oxygens (including phenoxy) is 2. The quantitative estimate of drug-likeness (QED) is 0.385. The second-order valence-electron chi connectivity index (χ2n) is 10.7. The van der Waals surface area contributed by atoms with E-state index in [4.69, 9.17) is 15.2 Å². The Bertz CT molecular complexity index is 1420. The van der Waals surface area contributed by atoms with Gasteiger partial charge in [0.15, 0.2) is 0 Å². The van der Waals surface area contributed by atoms with Gasteiger partial charge in [-0.1, -0.05) is 85.3 Å². The van der Waals surface area contributed by atoms with Crippen LogP contribution in [0, 0.1) is 31.6 Å². The molecule has 1 fully saturated rings. The van der Waals surface area contributed by atoms with Crippen molar-refractivity contribution in [2.75, 3.05) is 0 Å². The number of hydrogen-bond acceptors (Lipinski definition) is 5. The minimum absolute atomic E-state index is 0.0805. The van der Waals surface area contributed by atoms with E-state index in [2.05, 4.69) is 50.3 Å². The summed E-state index contributed by atoms with van der Waals surface area (Å²) in [5.41, 5.74) is 10.7. The third-order valence-corrected chi connectivity index (χ3v) is 8.13. The first kappa shape index (κ1) is 26.6. The lowest BCUT2D eigenvalue weighted by Crippen LogP contribution is -2.53. The molecule has 2 aliphatic carbocycles. The molecule has 2 aliphatic rings. The number of benzene rings is 3. The summed E-state index contributed by atoms with van der Waals surface area (Å²) < 4.78 is 12.7. The van der Waals surface area contributed by atoms with Crippen LogP contribution in [0.2, 0.25) is 0 Å². The zero-order valence-electron chi connectivity index (χ0n) is 22.6. The molecule has 0 amide bonds. The molecule has 0 aliphatic heterocycles. The van der Waals surface area contributed by atoms with Gasteiger partial charge < -0.3 is 15.2 Å². The van der Waals surface area contributed by atoms with Gasteiger partial charge in [-0.25, -0.2) is 9.59 Å². The third kappa shape index (κ3) is 5.45. The number of nitrogens with two attached hydrogens (primary N) is 1. The number of esters is 2. The molecule has 0 radical (unpaired) electrons. The van der Waals surface area contributed by atoms with Crippen molar-refractivity contribution >= 4 is 11.9 Å². The minimum atomic E-state index is -0.687. The van der Waals surface area contributed by atoms with Crippen molar-refractivity contribution in [1.82, 2.24) is 0 Å². The average molecular weight is 522 g/mol. The van der Waals surface area contributed by atoms with Crippen LogP contribution >= 0.6 is 0 Å². The van der Waals surface area contributed by atoms with Gasteiger partial charge in [0.05, 0.1) is 11.1 Å². The summed E-state index contributed by atoms with van der Waals surface area (Å²) in [5, 5.41) is 0. The van der Waals surface area contributed by atoms with E-state index in [0.29, 0.717) is 17.7 Å². The molecule has 0 heterocycles. The molecule has 0 bridgehead atoms. The van der Waals surface area contributed by atoms with Crippen molar-refractivity contribution in [2.45, 2.75) is 45.4 Å². The zero-order chi connectivity index (χ0) is 27.5. The van der Waals surface area contributed by atoms with Crippen LogP contribution in [0.1, 0.15) is 55.8 Å². The molecular formula is C34H35NO4. The highest BCUT2D eigenvalue weighted by Crippen LogP contribution is 2.50. The molecule has 6 atom stereocenters. The van der Waals surface area contributed by atoms with Crippen LogP contribution in [-0.4, -0.2) is 24.1 Å². The molecule has 5 heteroatoms. The van der Waals surface area contributed by atoms with Gasteiger partial charge in [-0.2, -0.15) is 0 Å². The van der Waals surface area contributed by atoms with E-state index < -0.39 is 24.1 Å². The first-order chi connectivity index (χ1) is 18.9. The first-order valence-corrected chi connectivity index (χ1v) is 13.6. The number of carbonyl (C=O) groups is 2. The van der Waals surface area contributed by atoms with Crippen LogP contribution < -0.4 is 5.73 Å². The Kier molecular flexibility index (Phi) is 7.80. The maximum atomic E-state index is 13.6. The third-order valence-electron chi connectivity index (χ3n) is 8.13. The van der Waals surface area contributed by atoms with Crippen molar-refractivity contribution in [2.24, 2.45) is 23.5 Å². The van der Waals surface area contributed by atoms with Crippen LogP contribution in [0.3, 0.4) is 0 Å². The van der Waals surface area contributed by atoms with E-state index in [-0.39, 0.29) is 23.7 Å². The Balaban J connectivity index is 1.58. The van der Waals surface area contributed by atoms with Crippen molar-refractivity contribution < 1.29 is 19.1 Å². The maximum absolute atomic E-state index is 13.6. The second-order valence-corrected chi connectivity index (χ2v) is 10.7. The summed E-state index contributed by atoms with van der Waals surface area (Å²) in [5.74, 6) is -0.965. The Morgan fingerprint density at radius 2 is 1.41 bits per heavy atom. The van der Waals surface area contributed by atoms with Crippen molar-refractivity contribution in [1.29, 1.82) is 0 Å². The van der Waals surface area contributed by atoms with Gasteiger partial charge in [-0.15, -0.1) is 0 Å². The molecular weight excluding hydrogens is 486 g/mol. The van der Waals surface area contributed by atoms with E-state index >= 15 is 0 Å². The number of hydrogen-bond donors (Lipinski definition) is 1. The predicted octanol–water partition coefficient (Wildman–Crippen LogP) is 6.31. The second kappa shape index (κ2) is 11.4. The highest BCUT2D eigenvalue weighted by Gasteiger charge is 2.52. The van der Waals surface area contributed by atoms with Crippen molar-refractivity contribution in [3.05, 3.63) is 130 Å². The zero-order valence-corrected chi connectivity index (χ0v) is 22.6. The standard InChI is InChI=1S/C34H35NO4/c1-21-10-8-13-25(18-21)33(36)39-32-30(27-15-5-4-11-22(27)2)29-17-7-6-16-28(29)23(3)31(32)38-34(37)26-14-9-12-24(19-26)20-35/h4-19,23,28-32H,20,35H2,1-3H3. The van der Waals surface area contributed by atoms with Gasteiger partial charge in [-0.05, 0) is 66.6 Å². The molecule has 2 N–H and O–H groups in total. The number of carbonyl (C=O) groups excluding carboxylic acids is 2. The van der Waals surface area contributed by atoms with Gasteiger partial charge in [0.1, 0.15) is 12.2 Å². The van der Waals surface area contributed by atoms with E-state index in [9.17, 15) is 9.59 Å². The Hall–Kier alpha value is -3.96. The summed E-state index contributed by atoms with van der Waals surface area (Å²) in [6.45, 7) is 6.42. The fraction of sp³-hybridized carbons (Fsp3) is 0.294. The Morgan fingerprint density at radius 1 is 0.769 bits per heavy atom. The monoisotopic (exact) mass is 521 g/mol. The highest BCUT2D eigenvalue weighted by atomic mass is 16.6. The van der Waals surface area contributed by atoms with E-state index in [1.165, 1.54) is 0 Å². The molecule has 3 aromatic carbocycles. The molecule has 0 saturated heterocycles. The molecule has 5 nitrogen and oxygen atoms in total.